The van der Waals surface area contributed by atoms with Gasteiger partial charge in [-0.15, -0.1) is 0 Å². The van der Waals surface area contributed by atoms with E-state index in [2.05, 4.69) is 37.2 Å². The molecule has 0 atom stereocenters. The van der Waals surface area contributed by atoms with Crippen molar-refractivity contribution in [2.75, 3.05) is 0 Å². The van der Waals surface area contributed by atoms with Crippen LogP contribution in [0.15, 0.2) is 51.4 Å². The van der Waals surface area contributed by atoms with Crippen molar-refractivity contribution >= 4 is 49.4 Å². The monoisotopic (exact) mass is 401 g/mol. The van der Waals surface area contributed by atoms with Gasteiger partial charge >= 0.3 is 0 Å². The topological polar surface area (TPSA) is 29.1 Å². The minimum Gasteiger partial charge on any atom is -0.348 e. The van der Waals surface area contributed by atoms with Crippen LogP contribution in [-0.4, -0.2) is 5.91 Å². The van der Waals surface area contributed by atoms with Crippen molar-refractivity contribution in [3.8, 4) is 0 Å². The fourth-order valence-corrected chi connectivity index (χ4v) is 2.70. The molecule has 1 amide bonds. The zero-order valence-electron chi connectivity index (χ0n) is 9.79. The Bertz CT molecular complexity index is 579. The van der Waals surface area contributed by atoms with Crippen molar-refractivity contribution in [1.29, 1.82) is 0 Å². The average molecular weight is 404 g/mol. The first-order valence-corrected chi connectivity index (χ1v) is 7.50. The van der Waals surface area contributed by atoms with Crippen LogP contribution in [0.3, 0.4) is 0 Å². The van der Waals surface area contributed by atoms with Crippen LogP contribution in [-0.2, 0) is 6.54 Å². The van der Waals surface area contributed by atoms with Crippen LogP contribution in [0.5, 0.6) is 0 Å². The highest BCUT2D eigenvalue weighted by Gasteiger charge is 2.07. The summed E-state index contributed by atoms with van der Waals surface area (Å²) >= 11 is 12.6. The molecule has 0 spiro atoms. The van der Waals surface area contributed by atoms with E-state index in [1.807, 2.05) is 24.3 Å². The van der Waals surface area contributed by atoms with Crippen LogP contribution < -0.4 is 5.32 Å². The number of nitrogens with one attached hydrogen (secondary N) is 1. The molecule has 0 saturated carbocycles. The first-order chi connectivity index (χ1) is 9.04. The van der Waals surface area contributed by atoms with Gasteiger partial charge < -0.3 is 5.32 Å². The Balaban J connectivity index is 2.03. The fourth-order valence-electron chi connectivity index (χ4n) is 1.57. The van der Waals surface area contributed by atoms with Crippen LogP contribution in [0.4, 0.5) is 0 Å². The summed E-state index contributed by atoms with van der Waals surface area (Å²) in [7, 11) is 0. The highest BCUT2D eigenvalue weighted by molar-refractivity contribution is 9.10. The first kappa shape index (κ1) is 14.6. The van der Waals surface area contributed by atoms with Crippen LogP contribution in [0.1, 0.15) is 15.9 Å². The lowest BCUT2D eigenvalue weighted by Crippen LogP contribution is -2.22. The molecule has 0 radical (unpaired) electrons. The molecule has 0 unspecified atom stereocenters. The summed E-state index contributed by atoms with van der Waals surface area (Å²) in [6.07, 6.45) is 0. The van der Waals surface area contributed by atoms with E-state index in [0.29, 0.717) is 17.1 Å². The predicted octanol–water partition coefficient (Wildman–Crippen LogP) is 4.80. The van der Waals surface area contributed by atoms with Crippen molar-refractivity contribution in [2.45, 2.75) is 6.54 Å². The Labute approximate surface area is 133 Å². The number of halogens is 3. The molecule has 0 heterocycles. The maximum absolute atomic E-state index is 12.0. The molecule has 2 rings (SSSR count). The second kappa shape index (κ2) is 6.55. The molecule has 2 aromatic carbocycles. The van der Waals surface area contributed by atoms with E-state index in [-0.39, 0.29) is 5.91 Å². The summed E-state index contributed by atoms with van der Waals surface area (Å²) < 4.78 is 1.80. The molecule has 98 valence electrons. The number of hydrogen-bond acceptors (Lipinski definition) is 1. The van der Waals surface area contributed by atoms with Crippen LogP contribution >= 0.6 is 43.5 Å². The largest absolute Gasteiger partial charge is 0.348 e. The molecule has 0 aliphatic carbocycles. The Kier molecular flexibility index (Phi) is 5.02. The molecule has 0 fully saturated rings. The lowest BCUT2D eigenvalue weighted by molar-refractivity contribution is 0.0951. The van der Waals surface area contributed by atoms with E-state index in [1.165, 1.54) is 0 Å². The first-order valence-electron chi connectivity index (χ1n) is 5.53. The molecule has 0 bridgehead atoms. The molecule has 0 aliphatic heterocycles. The van der Waals surface area contributed by atoms with E-state index in [1.54, 1.807) is 18.2 Å². The molecule has 0 aliphatic rings. The van der Waals surface area contributed by atoms with E-state index < -0.39 is 0 Å². The summed E-state index contributed by atoms with van der Waals surface area (Å²) in [6, 6.07) is 12.9. The molecular formula is C14H10Br2ClNO. The third kappa shape index (κ3) is 4.34. The van der Waals surface area contributed by atoms with E-state index in [4.69, 9.17) is 11.6 Å². The Morgan fingerprint density at radius 2 is 1.74 bits per heavy atom. The summed E-state index contributed by atoms with van der Waals surface area (Å²) in [4.78, 5) is 12.0. The van der Waals surface area contributed by atoms with Gasteiger partial charge in [0.15, 0.2) is 0 Å². The van der Waals surface area contributed by atoms with Gasteiger partial charge in [-0.25, -0.2) is 0 Å². The van der Waals surface area contributed by atoms with Crippen molar-refractivity contribution in [1.82, 2.24) is 5.32 Å². The number of amides is 1. The number of rotatable bonds is 3. The van der Waals surface area contributed by atoms with E-state index >= 15 is 0 Å². The smallest absolute Gasteiger partial charge is 0.251 e. The second-order valence-electron chi connectivity index (χ2n) is 3.97. The van der Waals surface area contributed by atoms with Gasteiger partial charge in [-0.05, 0) is 35.9 Å². The highest BCUT2D eigenvalue weighted by Crippen LogP contribution is 2.19. The van der Waals surface area contributed by atoms with E-state index in [0.717, 1.165) is 14.5 Å². The third-order valence-electron chi connectivity index (χ3n) is 2.49. The molecular weight excluding hydrogens is 393 g/mol. The lowest BCUT2D eigenvalue weighted by Gasteiger charge is -2.06. The zero-order chi connectivity index (χ0) is 13.8. The van der Waals surface area contributed by atoms with Crippen LogP contribution in [0, 0.1) is 0 Å². The predicted molar refractivity (Wildman–Crippen MR) is 84.5 cm³/mol. The molecule has 2 nitrogen and oxygen atoms in total. The summed E-state index contributed by atoms with van der Waals surface area (Å²) in [5, 5.41) is 3.39. The number of carbonyl (C=O) groups is 1. The van der Waals surface area contributed by atoms with Gasteiger partial charge in [0, 0.05) is 26.1 Å². The lowest BCUT2D eigenvalue weighted by atomic mass is 10.2. The number of benzene rings is 2. The minimum atomic E-state index is -0.147. The van der Waals surface area contributed by atoms with Gasteiger partial charge in [0.2, 0.25) is 0 Å². The van der Waals surface area contributed by atoms with Crippen molar-refractivity contribution in [2.24, 2.45) is 0 Å². The molecule has 0 saturated heterocycles. The van der Waals surface area contributed by atoms with Gasteiger partial charge in [0.25, 0.3) is 5.91 Å². The van der Waals surface area contributed by atoms with Gasteiger partial charge in [0.1, 0.15) is 0 Å². The molecule has 19 heavy (non-hydrogen) atoms. The number of carbonyl (C=O) groups excluding carboxylic acids is 1. The average Bonchev–Trinajstić information content (AvgIpc) is 2.36. The summed E-state index contributed by atoms with van der Waals surface area (Å²) in [5.41, 5.74) is 1.58. The maximum Gasteiger partial charge on any atom is 0.251 e. The quantitative estimate of drug-likeness (QED) is 0.784. The summed E-state index contributed by atoms with van der Waals surface area (Å²) in [6.45, 7) is 0.482. The zero-order valence-corrected chi connectivity index (χ0v) is 13.7. The molecule has 0 aromatic heterocycles. The maximum atomic E-state index is 12.0. The SMILES string of the molecule is O=C(NCc1ccc(Br)cc1)c1cc(Cl)cc(Br)c1. The van der Waals surface area contributed by atoms with Crippen molar-refractivity contribution < 1.29 is 4.79 Å². The highest BCUT2D eigenvalue weighted by atomic mass is 79.9. The van der Waals surface area contributed by atoms with Gasteiger partial charge in [-0.3, -0.25) is 4.79 Å². The summed E-state index contributed by atoms with van der Waals surface area (Å²) in [5.74, 6) is -0.147. The van der Waals surface area contributed by atoms with Crippen LogP contribution in [0.25, 0.3) is 0 Å². The molecule has 2 aromatic rings. The minimum absolute atomic E-state index is 0.147. The molecule has 1 N–H and O–H groups in total. The van der Waals surface area contributed by atoms with Crippen molar-refractivity contribution in [3.63, 3.8) is 0 Å². The van der Waals surface area contributed by atoms with Gasteiger partial charge in [-0.2, -0.15) is 0 Å². The Hall–Kier alpha value is -0.840. The molecule has 5 heteroatoms. The van der Waals surface area contributed by atoms with Gasteiger partial charge in [0.05, 0.1) is 0 Å². The van der Waals surface area contributed by atoms with Crippen LogP contribution in [0.2, 0.25) is 5.02 Å². The normalized spacial score (nSPS) is 10.3. The van der Waals surface area contributed by atoms with E-state index in [9.17, 15) is 4.79 Å². The fraction of sp³-hybridized carbons (Fsp3) is 0.0714. The number of hydrogen-bond donors (Lipinski definition) is 1. The van der Waals surface area contributed by atoms with Gasteiger partial charge in [-0.1, -0.05) is 55.6 Å². The Morgan fingerprint density at radius 1 is 1.05 bits per heavy atom. The standard InChI is InChI=1S/C14H10Br2ClNO/c15-11-3-1-9(2-4-11)8-18-14(19)10-5-12(16)7-13(17)6-10/h1-7H,8H2,(H,18,19). The Morgan fingerprint density at radius 3 is 2.37 bits per heavy atom. The van der Waals surface area contributed by atoms with Crippen molar-refractivity contribution in [3.05, 3.63) is 67.6 Å². The second-order valence-corrected chi connectivity index (χ2v) is 6.24. The third-order valence-corrected chi connectivity index (χ3v) is 3.70.